The predicted octanol–water partition coefficient (Wildman–Crippen LogP) is 3.30. The molecule has 0 aromatic carbocycles. The van der Waals surface area contributed by atoms with Gasteiger partial charge in [0.05, 0.1) is 5.03 Å². The second-order valence-corrected chi connectivity index (χ2v) is 3.01. The summed E-state index contributed by atoms with van der Waals surface area (Å²) >= 11 is 9.51. The van der Waals surface area contributed by atoms with Crippen LogP contribution in [0.5, 0.6) is 0 Å². The van der Waals surface area contributed by atoms with Crippen LogP contribution in [0.1, 0.15) is 0 Å². The number of rotatable bonds is 0. The average molecular weight is 227 g/mol. The van der Waals surface area contributed by atoms with Crippen molar-refractivity contribution in [3.63, 3.8) is 0 Å². The second kappa shape index (κ2) is 2.48. The van der Waals surface area contributed by atoms with Gasteiger partial charge >= 0.3 is 11.8 Å². The summed E-state index contributed by atoms with van der Waals surface area (Å²) in [6.07, 6.45) is -3.22. The van der Waals surface area contributed by atoms with Crippen LogP contribution in [0, 0.1) is 0 Å². The molecule has 0 bridgehead atoms. The second-order valence-electron chi connectivity index (χ2n) is 2.22. The van der Waals surface area contributed by atoms with Crippen molar-refractivity contribution in [1.82, 2.24) is 0 Å². The molecule has 0 aliphatic heterocycles. The molecule has 0 N–H and O–H groups in total. The van der Waals surface area contributed by atoms with Gasteiger partial charge in [-0.05, 0) is 0 Å². The molecule has 1 aliphatic rings. The zero-order valence-corrected chi connectivity index (χ0v) is 6.73. The number of halogens is 7. The lowest BCUT2D eigenvalue weighted by Crippen LogP contribution is -2.42. The van der Waals surface area contributed by atoms with Gasteiger partial charge in [0.1, 0.15) is 5.03 Å². The smallest absolute Gasteiger partial charge is 0.234 e. The molecule has 1 atom stereocenters. The predicted molar refractivity (Wildman–Crippen MR) is 33.5 cm³/mol. The van der Waals surface area contributed by atoms with E-state index >= 15 is 0 Å². The Balaban J connectivity index is 3.22. The summed E-state index contributed by atoms with van der Waals surface area (Å²) in [6, 6.07) is 0. The molecule has 0 fully saturated rings. The van der Waals surface area contributed by atoms with Crippen molar-refractivity contribution in [1.29, 1.82) is 0 Å². The van der Waals surface area contributed by atoms with Crippen LogP contribution in [0.3, 0.4) is 0 Å². The van der Waals surface area contributed by atoms with Gasteiger partial charge in [-0.25, -0.2) is 4.39 Å². The third-order valence-electron chi connectivity index (χ3n) is 1.44. The normalized spacial score (nSPS) is 32.8. The fourth-order valence-corrected chi connectivity index (χ4v) is 1.20. The van der Waals surface area contributed by atoms with E-state index in [0.717, 1.165) is 0 Å². The average Bonchev–Trinajstić information content (AvgIpc) is 2.05. The third-order valence-corrected chi connectivity index (χ3v) is 2.36. The lowest BCUT2D eigenvalue weighted by atomic mass is 10.2. The van der Waals surface area contributed by atoms with Crippen molar-refractivity contribution in [2.45, 2.75) is 18.0 Å². The van der Waals surface area contributed by atoms with E-state index in [4.69, 9.17) is 23.2 Å². The number of hydrogen-bond donors (Lipinski definition) is 0. The molecule has 0 saturated heterocycles. The molecule has 1 unspecified atom stereocenters. The molecule has 0 aromatic rings. The Bertz CT molecular complexity index is 246. The van der Waals surface area contributed by atoms with E-state index in [2.05, 4.69) is 0 Å². The van der Waals surface area contributed by atoms with Crippen LogP contribution in [0.15, 0.2) is 10.1 Å². The van der Waals surface area contributed by atoms with Crippen LogP contribution in [0.4, 0.5) is 22.0 Å². The molecule has 0 saturated carbocycles. The Morgan fingerprint density at radius 1 is 1.08 bits per heavy atom. The minimum atomic E-state index is -4.85. The molecule has 0 nitrogen and oxygen atoms in total. The minimum absolute atomic E-state index is 1.33. The summed E-state index contributed by atoms with van der Waals surface area (Å²) in [6.45, 7) is 0. The maximum absolute atomic E-state index is 12.4. The monoisotopic (exact) mass is 226 g/mol. The third kappa shape index (κ3) is 0.956. The van der Waals surface area contributed by atoms with E-state index in [1.807, 2.05) is 0 Å². The maximum Gasteiger partial charge on any atom is 0.350 e. The standard InChI is InChI=1S/C5HCl2F5/c6-1-2(7)4(9,10)5(11,12)3(1)8/h3H. The van der Waals surface area contributed by atoms with Crippen molar-refractivity contribution >= 4 is 23.2 Å². The minimum Gasteiger partial charge on any atom is -0.234 e. The summed E-state index contributed by atoms with van der Waals surface area (Å²) in [4.78, 5) is 0. The van der Waals surface area contributed by atoms with Crippen molar-refractivity contribution < 1.29 is 22.0 Å². The van der Waals surface area contributed by atoms with Gasteiger partial charge in [0.15, 0.2) is 0 Å². The maximum atomic E-state index is 12.4. The first-order chi connectivity index (χ1) is 5.23. The van der Waals surface area contributed by atoms with Crippen LogP contribution in [-0.4, -0.2) is 18.0 Å². The van der Waals surface area contributed by atoms with E-state index in [1.165, 1.54) is 0 Å². The van der Waals surface area contributed by atoms with E-state index in [-0.39, 0.29) is 0 Å². The van der Waals surface area contributed by atoms with Crippen LogP contribution >= 0.6 is 23.2 Å². The van der Waals surface area contributed by atoms with Crippen LogP contribution in [0.2, 0.25) is 0 Å². The molecule has 12 heavy (non-hydrogen) atoms. The van der Waals surface area contributed by atoms with Gasteiger partial charge in [-0.3, -0.25) is 0 Å². The van der Waals surface area contributed by atoms with Crippen molar-refractivity contribution in [2.24, 2.45) is 0 Å². The van der Waals surface area contributed by atoms with Gasteiger partial charge in [0.25, 0.3) is 0 Å². The summed E-state index contributed by atoms with van der Waals surface area (Å²) in [5.74, 6) is -9.55. The highest BCUT2D eigenvalue weighted by Crippen LogP contribution is 2.54. The SMILES string of the molecule is FC1C(Cl)=C(Cl)C(F)(F)C1(F)F. The molecule has 0 spiro atoms. The van der Waals surface area contributed by atoms with Crippen molar-refractivity contribution in [2.75, 3.05) is 0 Å². The highest BCUT2D eigenvalue weighted by molar-refractivity contribution is 6.40. The fraction of sp³-hybridized carbons (Fsp3) is 0.600. The quantitative estimate of drug-likeness (QED) is 0.557. The summed E-state index contributed by atoms with van der Waals surface area (Å²) in [5.41, 5.74) is 0. The summed E-state index contributed by atoms with van der Waals surface area (Å²) < 4.78 is 61.6. The fourth-order valence-electron chi connectivity index (χ4n) is 0.726. The largest absolute Gasteiger partial charge is 0.350 e. The van der Waals surface area contributed by atoms with Gasteiger partial charge in [0, 0.05) is 0 Å². The Labute approximate surface area is 73.9 Å². The Kier molecular flexibility index (Phi) is 2.08. The van der Waals surface area contributed by atoms with Gasteiger partial charge in [-0.2, -0.15) is 17.6 Å². The molecule has 1 aliphatic carbocycles. The van der Waals surface area contributed by atoms with Gasteiger partial charge in [-0.1, -0.05) is 23.2 Å². The lowest BCUT2D eigenvalue weighted by Gasteiger charge is -2.20. The number of allylic oxidation sites excluding steroid dienone is 2. The highest BCUT2D eigenvalue weighted by atomic mass is 35.5. The zero-order valence-electron chi connectivity index (χ0n) is 5.22. The first-order valence-electron chi connectivity index (χ1n) is 2.68. The van der Waals surface area contributed by atoms with Gasteiger partial charge < -0.3 is 0 Å². The summed E-state index contributed by atoms with van der Waals surface area (Å²) in [7, 11) is 0. The Hall–Kier alpha value is -0.0300. The van der Waals surface area contributed by atoms with Crippen molar-refractivity contribution in [3.8, 4) is 0 Å². The topological polar surface area (TPSA) is 0 Å². The molecular weight excluding hydrogens is 226 g/mol. The van der Waals surface area contributed by atoms with E-state index in [9.17, 15) is 22.0 Å². The van der Waals surface area contributed by atoms with E-state index in [1.54, 1.807) is 0 Å². The molecule has 1 rings (SSSR count). The number of alkyl halides is 5. The highest BCUT2D eigenvalue weighted by Gasteiger charge is 2.70. The van der Waals surface area contributed by atoms with Gasteiger partial charge in [-0.15, -0.1) is 0 Å². The Morgan fingerprint density at radius 3 is 1.58 bits per heavy atom. The molecule has 0 radical (unpaired) electrons. The Morgan fingerprint density at radius 2 is 1.50 bits per heavy atom. The number of hydrogen-bond acceptors (Lipinski definition) is 0. The first-order valence-corrected chi connectivity index (χ1v) is 3.44. The van der Waals surface area contributed by atoms with Crippen LogP contribution in [0.25, 0.3) is 0 Å². The van der Waals surface area contributed by atoms with E-state index < -0.39 is 28.1 Å². The van der Waals surface area contributed by atoms with E-state index in [0.29, 0.717) is 0 Å². The first kappa shape index (κ1) is 10.1. The molecule has 7 heteroatoms. The molecular formula is C5HCl2F5. The molecule has 0 amide bonds. The van der Waals surface area contributed by atoms with Crippen LogP contribution < -0.4 is 0 Å². The molecule has 0 aromatic heterocycles. The van der Waals surface area contributed by atoms with Gasteiger partial charge in [0.2, 0.25) is 6.17 Å². The molecule has 70 valence electrons. The van der Waals surface area contributed by atoms with Crippen molar-refractivity contribution in [3.05, 3.63) is 10.1 Å². The molecule has 0 heterocycles. The van der Waals surface area contributed by atoms with Crippen LogP contribution in [-0.2, 0) is 0 Å². The zero-order chi connectivity index (χ0) is 9.73. The summed E-state index contributed by atoms with van der Waals surface area (Å²) in [5, 5.41) is -2.95. The lowest BCUT2D eigenvalue weighted by molar-refractivity contribution is -0.194.